The number of hydrogen-bond acceptors (Lipinski definition) is 6. The van der Waals surface area contributed by atoms with E-state index in [-0.39, 0.29) is 12.0 Å². The van der Waals surface area contributed by atoms with Gasteiger partial charge in [-0.2, -0.15) is 0 Å². The van der Waals surface area contributed by atoms with Gasteiger partial charge < -0.3 is 14.3 Å². The van der Waals surface area contributed by atoms with E-state index in [9.17, 15) is 9.59 Å². The molecule has 8 heteroatoms. The molecule has 1 saturated carbocycles. The number of ether oxygens (including phenoxy) is 1. The number of rotatable bonds is 8. The molecule has 0 amide bonds. The number of hydroxylamine groups is 2. The van der Waals surface area contributed by atoms with Gasteiger partial charge in [0.15, 0.2) is 11.0 Å². The first-order valence-electron chi connectivity index (χ1n) is 10.3. The number of carboxylic acid groups (broad SMARTS) is 1. The molecule has 1 fully saturated rings. The second-order valence-corrected chi connectivity index (χ2v) is 8.24. The van der Waals surface area contributed by atoms with Gasteiger partial charge in [0.2, 0.25) is 0 Å². The van der Waals surface area contributed by atoms with Gasteiger partial charge in [0.05, 0.1) is 22.5 Å². The van der Waals surface area contributed by atoms with Crippen molar-refractivity contribution in [2.75, 3.05) is 19.8 Å². The molecule has 0 bridgehead atoms. The fourth-order valence-corrected chi connectivity index (χ4v) is 3.87. The van der Waals surface area contributed by atoms with Crippen molar-refractivity contribution in [1.82, 2.24) is 5.06 Å². The van der Waals surface area contributed by atoms with Gasteiger partial charge in [-0.15, -0.1) is 0 Å². The van der Waals surface area contributed by atoms with E-state index in [0.29, 0.717) is 46.5 Å². The molecule has 1 aliphatic heterocycles. The van der Waals surface area contributed by atoms with Crippen LogP contribution in [0.3, 0.4) is 0 Å². The summed E-state index contributed by atoms with van der Waals surface area (Å²) in [6.45, 7) is 0.887. The number of nitrogens with zero attached hydrogens (tertiary/aromatic N) is 1. The minimum absolute atomic E-state index is 0.139. The predicted molar refractivity (Wildman–Crippen MR) is 119 cm³/mol. The Balaban J connectivity index is 1.32. The number of fused-ring (bicyclic) bond motifs is 1. The van der Waals surface area contributed by atoms with E-state index in [1.54, 1.807) is 18.2 Å². The smallest absolute Gasteiger partial charge is 0.335 e. The van der Waals surface area contributed by atoms with E-state index in [0.717, 1.165) is 29.7 Å². The van der Waals surface area contributed by atoms with E-state index in [4.69, 9.17) is 30.7 Å². The number of carbonyl (C=O) groups is 1. The summed E-state index contributed by atoms with van der Waals surface area (Å²) in [6.07, 6.45) is 3.62. The lowest BCUT2D eigenvalue weighted by Crippen LogP contribution is -2.34. The lowest BCUT2D eigenvalue weighted by molar-refractivity contribution is -0.150. The van der Waals surface area contributed by atoms with Gasteiger partial charge in [0.25, 0.3) is 0 Å². The zero-order chi connectivity index (χ0) is 22.2. The second-order valence-electron chi connectivity index (χ2n) is 7.83. The van der Waals surface area contributed by atoms with Crippen LogP contribution in [-0.4, -0.2) is 35.9 Å². The van der Waals surface area contributed by atoms with Crippen molar-refractivity contribution in [3.8, 4) is 17.1 Å². The monoisotopic (exact) mass is 453 g/mol. The fourth-order valence-electron chi connectivity index (χ4n) is 3.66. The van der Waals surface area contributed by atoms with Crippen LogP contribution in [0.4, 0.5) is 0 Å². The Labute approximate surface area is 188 Å². The zero-order valence-electron chi connectivity index (χ0n) is 17.0. The standard InChI is InChI=1S/C24H20ClNO6/c25-19-3-1-2-17-20(27)11-22(32-23(17)19)15-6-7-21(18(10-15)14-4-5-14)30-8-9-31-26-12-16(13-26)24(28)29/h1-3,6-7,10-12,14H,4-5,8-9,13H2,(H,28,29). The molecular weight excluding hydrogens is 434 g/mol. The average molecular weight is 454 g/mol. The highest BCUT2D eigenvalue weighted by Gasteiger charge is 2.28. The van der Waals surface area contributed by atoms with Gasteiger partial charge in [-0.05, 0) is 54.7 Å². The van der Waals surface area contributed by atoms with Crippen LogP contribution in [0.1, 0.15) is 24.3 Å². The summed E-state index contributed by atoms with van der Waals surface area (Å²) >= 11 is 6.24. The van der Waals surface area contributed by atoms with Crippen LogP contribution in [0, 0.1) is 0 Å². The maximum atomic E-state index is 12.5. The van der Waals surface area contributed by atoms with Crippen molar-refractivity contribution in [2.45, 2.75) is 18.8 Å². The minimum Gasteiger partial charge on any atom is -0.491 e. The molecule has 1 N–H and O–H groups in total. The largest absolute Gasteiger partial charge is 0.491 e. The van der Waals surface area contributed by atoms with Crippen molar-refractivity contribution in [2.24, 2.45) is 0 Å². The molecule has 2 heterocycles. The topological polar surface area (TPSA) is 89.2 Å². The van der Waals surface area contributed by atoms with Crippen LogP contribution in [0.15, 0.2) is 63.4 Å². The molecule has 1 aromatic heterocycles. The Hall–Kier alpha value is -3.29. The molecule has 5 rings (SSSR count). The molecule has 2 aromatic carbocycles. The number of aliphatic carboxylic acids is 1. The van der Waals surface area contributed by atoms with Gasteiger partial charge in [-0.25, -0.2) is 4.79 Å². The van der Waals surface area contributed by atoms with Crippen LogP contribution in [0.25, 0.3) is 22.3 Å². The second kappa shape index (κ2) is 8.33. The third-order valence-corrected chi connectivity index (χ3v) is 5.81. The summed E-state index contributed by atoms with van der Waals surface area (Å²) in [5, 5.41) is 11.2. The van der Waals surface area contributed by atoms with E-state index in [1.165, 1.54) is 17.3 Å². The molecular formula is C24H20ClNO6. The average Bonchev–Trinajstić information content (AvgIpc) is 3.58. The molecule has 1 aliphatic carbocycles. The van der Waals surface area contributed by atoms with Crippen LogP contribution < -0.4 is 10.2 Å². The van der Waals surface area contributed by atoms with Crippen LogP contribution >= 0.6 is 11.6 Å². The quantitative estimate of drug-likeness (QED) is 0.499. The molecule has 2 aliphatic rings. The normalized spacial score (nSPS) is 15.4. The maximum Gasteiger partial charge on any atom is 0.335 e. The maximum absolute atomic E-state index is 12.5. The van der Waals surface area contributed by atoms with E-state index < -0.39 is 5.97 Å². The molecule has 32 heavy (non-hydrogen) atoms. The molecule has 0 atom stereocenters. The summed E-state index contributed by atoms with van der Waals surface area (Å²) in [5.41, 5.74) is 2.43. The van der Waals surface area contributed by atoms with Crippen molar-refractivity contribution in [3.05, 3.63) is 75.0 Å². The highest BCUT2D eigenvalue weighted by molar-refractivity contribution is 6.34. The lowest BCUT2D eigenvalue weighted by Gasteiger charge is -2.27. The Kier molecular flexibility index (Phi) is 5.36. The van der Waals surface area contributed by atoms with Crippen LogP contribution in [0.5, 0.6) is 5.75 Å². The first-order chi connectivity index (χ1) is 15.5. The highest BCUT2D eigenvalue weighted by atomic mass is 35.5. The molecule has 0 unspecified atom stereocenters. The Bertz CT molecular complexity index is 1290. The first-order valence-corrected chi connectivity index (χ1v) is 10.7. The zero-order valence-corrected chi connectivity index (χ0v) is 17.8. The van der Waals surface area contributed by atoms with Crippen molar-refractivity contribution < 1.29 is 23.9 Å². The van der Waals surface area contributed by atoms with Crippen molar-refractivity contribution >= 4 is 28.5 Å². The molecule has 0 spiro atoms. The van der Waals surface area contributed by atoms with Crippen LogP contribution in [0.2, 0.25) is 5.02 Å². The number of carboxylic acids is 1. The minimum atomic E-state index is -0.931. The fraction of sp³-hybridized carbons (Fsp3) is 0.250. The van der Waals surface area contributed by atoms with Crippen molar-refractivity contribution in [1.29, 1.82) is 0 Å². The Morgan fingerprint density at radius 2 is 2.00 bits per heavy atom. The third-order valence-electron chi connectivity index (χ3n) is 5.52. The highest BCUT2D eigenvalue weighted by Crippen LogP contribution is 2.45. The van der Waals surface area contributed by atoms with Gasteiger partial charge in [-0.3, -0.25) is 14.7 Å². The van der Waals surface area contributed by atoms with Crippen molar-refractivity contribution in [3.63, 3.8) is 0 Å². The third kappa shape index (κ3) is 4.09. The summed E-state index contributed by atoms with van der Waals surface area (Å²) in [4.78, 5) is 28.8. The van der Waals surface area contributed by atoms with E-state index in [1.807, 2.05) is 18.2 Å². The van der Waals surface area contributed by atoms with E-state index >= 15 is 0 Å². The molecule has 0 radical (unpaired) electrons. The van der Waals surface area contributed by atoms with Gasteiger partial charge in [-0.1, -0.05) is 17.7 Å². The Morgan fingerprint density at radius 3 is 2.75 bits per heavy atom. The molecule has 0 saturated heterocycles. The number of para-hydroxylation sites is 1. The molecule has 7 nitrogen and oxygen atoms in total. The van der Waals surface area contributed by atoms with E-state index in [2.05, 4.69) is 0 Å². The Morgan fingerprint density at radius 1 is 1.19 bits per heavy atom. The summed E-state index contributed by atoms with van der Waals surface area (Å²) in [7, 11) is 0. The number of benzene rings is 2. The predicted octanol–water partition coefficient (Wildman–Crippen LogP) is 4.59. The van der Waals surface area contributed by atoms with Crippen LogP contribution in [-0.2, 0) is 9.63 Å². The first kappa shape index (κ1) is 20.6. The van der Waals surface area contributed by atoms with Gasteiger partial charge >= 0.3 is 5.97 Å². The molecule has 3 aromatic rings. The summed E-state index contributed by atoms with van der Waals surface area (Å²) in [6, 6.07) is 12.4. The summed E-state index contributed by atoms with van der Waals surface area (Å²) in [5.74, 6) is 0.718. The van der Waals surface area contributed by atoms with Gasteiger partial charge in [0.1, 0.15) is 24.7 Å². The molecule has 164 valence electrons. The SMILES string of the molecule is O=C(O)C1=CN(OCCOc2ccc(-c3cc(=O)c4cccc(Cl)c4o3)cc2C2CC2)C1. The number of hydrogen-bond donors (Lipinski definition) is 1. The van der Waals surface area contributed by atoms with Gasteiger partial charge in [0, 0.05) is 17.8 Å². The number of halogens is 1. The summed E-state index contributed by atoms with van der Waals surface area (Å²) < 4.78 is 11.9. The lowest BCUT2D eigenvalue weighted by atomic mass is 10.0.